The van der Waals surface area contributed by atoms with Gasteiger partial charge in [0.1, 0.15) is 0 Å². The minimum Gasteiger partial charge on any atom is -0.360 e. The molecule has 0 unspecified atom stereocenters. The van der Waals surface area contributed by atoms with Gasteiger partial charge in [0.05, 0.1) is 23.3 Å². The maximum Gasteiger partial charge on any atom is 0.252 e. The molecule has 0 saturated carbocycles. The van der Waals surface area contributed by atoms with Crippen molar-refractivity contribution in [1.29, 1.82) is 0 Å². The fourth-order valence-electron chi connectivity index (χ4n) is 5.09. The van der Waals surface area contributed by atoms with Crippen molar-refractivity contribution in [2.75, 3.05) is 19.6 Å². The summed E-state index contributed by atoms with van der Waals surface area (Å²) >= 11 is 3.58. The van der Waals surface area contributed by atoms with E-state index < -0.39 is 0 Å². The molecule has 0 aliphatic carbocycles. The monoisotopic (exact) mass is 603 g/mol. The highest BCUT2D eigenvalue weighted by atomic mass is 79.9. The quantitative estimate of drug-likeness (QED) is 0.160. The summed E-state index contributed by atoms with van der Waals surface area (Å²) in [6, 6.07) is 21.9. The molecule has 0 fully saturated rings. The van der Waals surface area contributed by atoms with Crippen molar-refractivity contribution in [3.8, 4) is 23.1 Å². The molecule has 1 aliphatic rings. The van der Waals surface area contributed by atoms with Crippen molar-refractivity contribution in [3.63, 3.8) is 0 Å². The van der Waals surface area contributed by atoms with E-state index in [1.807, 2.05) is 66.9 Å². The van der Waals surface area contributed by atoms with Crippen molar-refractivity contribution in [1.82, 2.24) is 20.2 Å². The number of fused-ring (bicyclic) bond motifs is 2. The zero-order valence-electron chi connectivity index (χ0n) is 22.6. The number of carbonyl (C=O) groups excluding carboxylic acids is 1. The van der Waals surface area contributed by atoms with Crippen LogP contribution in [0.3, 0.4) is 0 Å². The van der Waals surface area contributed by atoms with Gasteiger partial charge in [-0.25, -0.2) is 4.98 Å². The molecule has 6 rings (SSSR count). The van der Waals surface area contributed by atoms with E-state index in [0.29, 0.717) is 25.2 Å². The Labute approximate surface area is 247 Å². The van der Waals surface area contributed by atoms with Crippen molar-refractivity contribution in [2.24, 2.45) is 5.73 Å². The van der Waals surface area contributed by atoms with Gasteiger partial charge in [-0.1, -0.05) is 64.2 Å². The Bertz CT molecular complexity index is 1830. The molecule has 2 aromatic heterocycles. The Hall–Kier alpha value is -4.22. The van der Waals surface area contributed by atoms with Gasteiger partial charge in [0.2, 0.25) is 0 Å². The zero-order chi connectivity index (χ0) is 28.2. The molecule has 0 saturated heterocycles. The lowest BCUT2D eigenvalue weighted by atomic mass is 10.0. The second kappa shape index (κ2) is 12.1. The number of rotatable bonds is 6. The number of aromatic nitrogens is 2. The highest BCUT2D eigenvalue weighted by molar-refractivity contribution is 9.10. The summed E-state index contributed by atoms with van der Waals surface area (Å²) in [5.74, 6) is 6.44. The molecule has 0 atom stereocenters. The van der Waals surface area contributed by atoms with Gasteiger partial charge < -0.3 is 16.0 Å². The standard InChI is InChI=1S/C34H30BrN5O/c35-26-11-13-31-28(18-26)30(22-37-31)33-19-29(34(41)38-21-25-8-6-24(20-36)7-9-25)27-17-23(10-12-32(27)39-33)5-4-16-40-14-2-1-3-15-40/h1-2,6-13,17-19,22,37H,3,14-16,20-21,36H2,(H,38,41). The average Bonchev–Trinajstić information content (AvgIpc) is 3.43. The number of hydrogen-bond acceptors (Lipinski definition) is 4. The third-order valence-corrected chi connectivity index (χ3v) is 7.86. The normalized spacial score (nSPS) is 13.3. The number of halogens is 1. The van der Waals surface area contributed by atoms with E-state index in [0.717, 1.165) is 73.7 Å². The Morgan fingerprint density at radius 2 is 1.88 bits per heavy atom. The molecule has 0 bridgehead atoms. The topological polar surface area (TPSA) is 87.0 Å². The summed E-state index contributed by atoms with van der Waals surface area (Å²) in [5.41, 5.74) is 12.7. The molecule has 3 heterocycles. The van der Waals surface area contributed by atoms with Crippen LogP contribution in [0.2, 0.25) is 0 Å². The van der Waals surface area contributed by atoms with Gasteiger partial charge in [0, 0.05) is 64.3 Å². The number of benzene rings is 3. The lowest BCUT2D eigenvalue weighted by molar-refractivity contribution is 0.0952. The van der Waals surface area contributed by atoms with Gasteiger partial charge >= 0.3 is 0 Å². The van der Waals surface area contributed by atoms with Gasteiger partial charge in [-0.2, -0.15) is 0 Å². The van der Waals surface area contributed by atoms with Crippen molar-refractivity contribution >= 4 is 43.6 Å². The first-order valence-corrected chi connectivity index (χ1v) is 14.5. The summed E-state index contributed by atoms with van der Waals surface area (Å²) < 4.78 is 0.981. The first-order chi connectivity index (χ1) is 20.1. The predicted molar refractivity (Wildman–Crippen MR) is 169 cm³/mol. The smallest absolute Gasteiger partial charge is 0.252 e. The van der Waals surface area contributed by atoms with Gasteiger partial charge in [-0.15, -0.1) is 0 Å². The molecular formula is C34H30BrN5O. The molecule has 3 aromatic carbocycles. The number of H-pyrrole nitrogens is 1. The van der Waals surface area contributed by atoms with E-state index in [1.54, 1.807) is 0 Å². The first kappa shape index (κ1) is 27.0. The summed E-state index contributed by atoms with van der Waals surface area (Å²) in [6.07, 6.45) is 7.41. The first-order valence-electron chi connectivity index (χ1n) is 13.7. The van der Waals surface area contributed by atoms with Crippen LogP contribution >= 0.6 is 15.9 Å². The zero-order valence-corrected chi connectivity index (χ0v) is 24.2. The number of nitrogens with two attached hydrogens (primary N) is 1. The minimum atomic E-state index is -0.159. The van der Waals surface area contributed by atoms with Crippen LogP contribution in [-0.4, -0.2) is 40.4 Å². The molecule has 4 N–H and O–H groups in total. The predicted octanol–water partition coefficient (Wildman–Crippen LogP) is 6.15. The number of pyridine rings is 1. The number of amides is 1. The molecule has 204 valence electrons. The van der Waals surface area contributed by atoms with E-state index in [9.17, 15) is 4.79 Å². The van der Waals surface area contributed by atoms with Gasteiger partial charge in [0.15, 0.2) is 0 Å². The Kier molecular flexibility index (Phi) is 7.97. The Morgan fingerprint density at radius 3 is 2.68 bits per heavy atom. The molecule has 41 heavy (non-hydrogen) atoms. The second-order valence-corrected chi connectivity index (χ2v) is 11.1. The molecule has 6 nitrogen and oxygen atoms in total. The van der Waals surface area contributed by atoms with Crippen LogP contribution in [0, 0.1) is 11.8 Å². The van der Waals surface area contributed by atoms with Crippen molar-refractivity contribution in [3.05, 3.63) is 112 Å². The van der Waals surface area contributed by atoms with Crippen LogP contribution in [0.1, 0.15) is 33.5 Å². The molecular weight excluding hydrogens is 574 g/mol. The van der Waals surface area contributed by atoms with E-state index in [2.05, 4.69) is 61.2 Å². The van der Waals surface area contributed by atoms with E-state index >= 15 is 0 Å². The van der Waals surface area contributed by atoms with Crippen molar-refractivity contribution < 1.29 is 4.79 Å². The van der Waals surface area contributed by atoms with E-state index in [4.69, 9.17) is 10.7 Å². The Balaban J connectivity index is 1.36. The molecule has 7 heteroatoms. The fourth-order valence-corrected chi connectivity index (χ4v) is 5.45. The van der Waals surface area contributed by atoms with Crippen molar-refractivity contribution in [2.45, 2.75) is 19.5 Å². The van der Waals surface area contributed by atoms with Crippen LogP contribution in [-0.2, 0) is 13.1 Å². The lowest BCUT2D eigenvalue weighted by Crippen LogP contribution is -2.27. The summed E-state index contributed by atoms with van der Waals surface area (Å²) in [7, 11) is 0. The van der Waals surface area contributed by atoms with Crippen LogP contribution < -0.4 is 11.1 Å². The van der Waals surface area contributed by atoms with Crippen LogP contribution in [0.4, 0.5) is 0 Å². The lowest BCUT2D eigenvalue weighted by Gasteiger charge is -2.19. The molecule has 0 radical (unpaired) electrons. The van der Waals surface area contributed by atoms with Gasteiger partial charge in [0.25, 0.3) is 5.91 Å². The summed E-state index contributed by atoms with van der Waals surface area (Å²) in [6.45, 7) is 3.57. The van der Waals surface area contributed by atoms with Gasteiger partial charge in [-0.3, -0.25) is 9.69 Å². The number of nitrogens with one attached hydrogen (secondary N) is 2. The third-order valence-electron chi connectivity index (χ3n) is 7.36. The second-order valence-electron chi connectivity index (χ2n) is 10.2. The maximum atomic E-state index is 13.7. The minimum absolute atomic E-state index is 0.159. The summed E-state index contributed by atoms with van der Waals surface area (Å²) in [4.78, 5) is 24.3. The largest absolute Gasteiger partial charge is 0.360 e. The van der Waals surface area contributed by atoms with E-state index in [1.165, 1.54) is 0 Å². The SMILES string of the molecule is NCc1ccc(CNC(=O)c2cc(-c3c[nH]c4ccc(Br)cc34)nc3ccc(C#CCN4CC=CCC4)cc23)cc1. The van der Waals surface area contributed by atoms with Crippen LogP contribution in [0.15, 0.2) is 89.6 Å². The Morgan fingerprint density at radius 1 is 1.02 bits per heavy atom. The highest BCUT2D eigenvalue weighted by Gasteiger charge is 2.17. The van der Waals surface area contributed by atoms with Crippen LogP contribution in [0.25, 0.3) is 33.1 Å². The number of hydrogen-bond donors (Lipinski definition) is 3. The fraction of sp³-hybridized carbons (Fsp3) is 0.176. The highest BCUT2D eigenvalue weighted by Crippen LogP contribution is 2.32. The average molecular weight is 605 g/mol. The third kappa shape index (κ3) is 6.10. The van der Waals surface area contributed by atoms with E-state index in [-0.39, 0.29) is 5.91 Å². The van der Waals surface area contributed by atoms with Crippen LogP contribution in [0.5, 0.6) is 0 Å². The maximum absolute atomic E-state index is 13.7. The number of carbonyl (C=O) groups is 1. The van der Waals surface area contributed by atoms with Gasteiger partial charge in [-0.05, 0) is 60.0 Å². The number of nitrogens with zero attached hydrogens (tertiary/aromatic N) is 2. The molecule has 1 aliphatic heterocycles. The molecule has 1 amide bonds. The molecule has 5 aromatic rings. The number of aromatic amines is 1. The summed E-state index contributed by atoms with van der Waals surface area (Å²) in [5, 5.41) is 4.92. The molecule has 0 spiro atoms.